The molecule has 6 heteroatoms. The number of pyridine rings is 2. The normalized spacial score (nSPS) is 11.5. The molecule has 0 N–H and O–H groups in total. The van der Waals surface area contributed by atoms with E-state index >= 15 is 0 Å². The van der Waals surface area contributed by atoms with Gasteiger partial charge in [-0.3, -0.25) is 4.98 Å². The second-order valence-corrected chi connectivity index (χ2v) is 12.0. The van der Waals surface area contributed by atoms with Crippen molar-refractivity contribution in [2.75, 3.05) is 0 Å². The van der Waals surface area contributed by atoms with E-state index < -0.39 is 7.26 Å². The van der Waals surface area contributed by atoms with Gasteiger partial charge in [0.1, 0.15) is 29.3 Å². The highest BCUT2D eigenvalue weighted by molar-refractivity contribution is 7.95. The number of aryl methyl sites for hydroxylation is 1. The van der Waals surface area contributed by atoms with Crippen LogP contribution < -0.4 is 28.3 Å². The van der Waals surface area contributed by atoms with Gasteiger partial charge in [0.25, 0.3) is 0 Å². The summed E-state index contributed by atoms with van der Waals surface area (Å²) >= 11 is 0. The lowest BCUT2D eigenvalue weighted by Gasteiger charge is -2.26. The van der Waals surface area contributed by atoms with Crippen LogP contribution in [0.2, 0.25) is 0 Å². The van der Waals surface area contributed by atoms with Crippen LogP contribution in [-0.4, -0.2) is 19.6 Å². The molecule has 0 atom stereocenters. The van der Waals surface area contributed by atoms with Crippen molar-refractivity contribution >= 4 is 39.7 Å². The number of benzene rings is 3. The smallest absolute Gasteiger partial charge is 0.190 e. The van der Waals surface area contributed by atoms with E-state index in [9.17, 15) is 0 Å². The molecule has 0 saturated carbocycles. The first-order chi connectivity index (χ1) is 16.7. The van der Waals surface area contributed by atoms with Crippen LogP contribution in [0.25, 0.3) is 16.6 Å². The molecule has 3 aromatic heterocycles. The minimum atomic E-state index is -2.05. The van der Waals surface area contributed by atoms with Crippen molar-refractivity contribution in [3.63, 3.8) is 0 Å². The van der Waals surface area contributed by atoms with Crippen molar-refractivity contribution in [2.24, 2.45) is 0 Å². The summed E-state index contributed by atoms with van der Waals surface area (Å²) < 4.78 is 1.89. The maximum absolute atomic E-state index is 5.07. The summed E-state index contributed by atoms with van der Waals surface area (Å²) in [6.45, 7) is 2.01. The third kappa shape index (κ3) is 4.10. The van der Waals surface area contributed by atoms with Gasteiger partial charge >= 0.3 is 0 Å². The van der Waals surface area contributed by atoms with Crippen molar-refractivity contribution in [2.45, 2.75) is 13.1 Å². The third-order valence-electron chi connectivity index (χ3n) is 6.32. The van der Waals surface area contributed by atoms with Crippen LogP contribution in [0.3, 0.4) is 0 Å². The van der Waals surface area contributed by atoms with Gasteiger partial charge in [0, 0.05) is 17.3 Å². The topological polar surface area (TPSA) is 43.1 Å². The summed E-state index contributed by atoms with van der Waals surface area (Å²) in [5.74, 6) is 0.845. The summed E-state index contributed by atoms with van der Waals surface area (Å²) in [7, 11) is -2.05. The fourth-order valence-corrected chi connectivity index (χ4v) is 8.78. The van der Waals surface area contributed by atoms with Crippen molar-refractivity contribution in [1.82, 2.24) is 19.6 Å². The van der Waals surface area contributed by atoms with Crippen LogP contribution in [0, 0.1) is 6.92 Å². The Hall–Kier alpha value is -3.59. The van der Waals surface area contributed by atoms with E-state index in [-0.39, 0.29) is 12.4 Å². The summed E-state index contributed by atoms with van der Waals surface area (Å²) in [4.78, 5) is 9.75. The Bertz CT molecular complexity index is 1490. The molecule has 0 aliphatic rings. The van der Waals surface area contributed by atoms with Gasteiger partial charge in [0.05, 0.1) is 5.52 Å². The highest BCUT2D eigenvalue weighted by Gasteiger charge is 2.46. The molecule has 35 heavy (non-hydrogen) atoms. The van der Waals surface area contributed by atoms with Crippen LogP contribution in [0.15, 0.2) is 115 Å². The highest BCUT2D eigenvalue weighted by atomic mass is 35.5. The van der Waals surface area contributed by atoms with E-state index in [1.165, 1.54) is 15.9 Å². The SMILES string of the molecule is Cc1ccc2c(ccn3nc(C[P+](c4ccccc4)(c4ccccc4)c4ccccc4)nc23)n1.[Cl-]. The molecule has 6 aromatic rings. The summed E-state index contributed by atoms with van der Waals surface area (Å²) in [6, 6.07) is 38.7. The zero-order chi connectivity index (χ0) is 23.0. The molecule has 0 spiro atoms. The first kappa shape index (κ1) is 23.2. The monoisotopic (exact) mass is 494 g/mol. The van der Waals surface area contributed by atoms with E-state index in [1.807, 2.05) is 29.8 Å². The molecule has 0 amide bonds. The van der Waals surface area contributed by atoms with Gasteiger partial charge in [-0.15, -0.1) is 5.10 Å². The largest absolute Gasteiger partial charge is 1.00 e. The van der Waals surface area contributed by atoms with Crippen molar-refractivity contribution in [1.29, 1.82) is 0 Å². The Morgan fingerprint density at radius 2 is 1.20 bits per heavy atom. The van der Waals surface area contributed by atoms with Gasteiger partial charge in [-0.2, -0.15) is 0 Å². The van der Waals surface area contributed by atoms with Gasteiger partial charge in [0.2, 0.25) is 0 Å². The molecular formula is C29H24ClN4P. The predicted octanol–water partition coefficient (Wildman–Crippen LogP) is 2.08. The van der Waals surface area contributed by atoms with Crippen molar-refractivity contribution < 1.29 is 12.4 Å². The fraction of sp³-hybridized carbons (Fsp3) is 0.0690. The minimum absolute atomic E-state index is 0. The zero-order valence-corrected chi connectivity index (χ0v) is 20.9. The maximum atomic E-state index is 5.07. The number of rotatable bonds is 5. The number of nitrogens with zero attached hydrogens (tertiary/aromatic N) is 4. The van der Waals surface area contributed by atoms with Crippen molar-refractivity contribution in [3.05, 3.63) is 127 Å². The second kappa shape index (κ2) is 9.58. The van der Waals surface area contributed by atoms with Gasteiger partial charge in [-0.1, -0.05) is 54.6 Å². The summed E-state index contributed by atoms with van der Waals surface area (Å²) in [5.41, 5.74) is 2.80. The number of halogens is 1. The summed E-state index contributed by atoms with van der Waals surface area (Å²) in [5, 5.41) is 9.96. The number of aromatic nitrogens is 4. The molecule has 0 saturated heterocycles. The highest BCUT2D eigenvalue weighted by Crippen LogP contribution is 2.57. The van der Waals surface area contributed by atoms with Gasteiger partial charge in [0.15, 0.2) is 11.5 Å². The summed E-state index contributed by atoms with van der Waals surface area (Å²) in [6.07, 6.45) is 2.71. The van der Waals surface area contributed by atoms with Crippen LogP contribution in [0.1, 0.15) is 11.5 Å². The average Bonchev–Trinajstić information content (AvgIpc) is 3.31. The van der Waals surface area contributed by atoms with E-state index in [4.69, 9.17) is 10.1 Å². The van der Waals surface area contributed by atoms with E-state index in [2.05, 4.69) is 102 Å². The molecule has 6 rings (SSSR count). The van der Waals surface area contributed by atoms with E-state index in [0.29, 0.717) is 0 Å². The van der Waals surface area contributed by atoms with E-state index in [1.54, 1.807) is 0 Å². The Morgan fingerprint density at radius 3 is 1.74 bits per heavy atom. The lowest BCUT2D eigenvalue weighted by atomic mass is 10.2. The van der Waals surface area contributed by atoms with E-state index in [0.717, 1.165) is 34.2 Å². The van der Waals surface area contributed by atoms with Gasteiger partial charge in [-0.05, 0) is 61.5 Å². The van der Waals surface area contributed by atoms with Crippen LogP contribution in [0.5, 0.6) is 0 Å². The fourth-order valence-electron chi connectivity index (χ4n) is 4.74. The molecule has 4 nitrogen and oxygen atoms in total. The predicted molar refractivity (Wildman–Crippen MR) is 142 cm³/mol. The third-order valence-corrected chi connectivity index (χ3v) is 10.6. The Labute approximate surface area is 211 Å². The molecule has 172 valence electrons. The Balaban J connectivity index is 0.00000253. The quantitative estimate of drug-likeness (QED) is 0.345. The van der Waals surface area contributed by atoms with Crippen LogP contribution >= 0.6 is 7.26 Å². The molecule has 0 aliphatic carbocycles. The molecule has 0 fully saturated rings. The lowest BCUT2D eigenvalue weighted by molar-refractivity contribution is -0.00000694. The number of fused-ring (bicyclic) bond motifs is 3. The molecule has 0 aliphatic heterocycles. The molecular weight excluding hydrogens is 471 g/mol. The molecule has 0 radical (unpaired) electrons. The molecule has 0 bridgehead atoms. The standard InChI is InChI=1S/C29H24N4P.ClH/c1-22-17-18-26-27(30-22)19-20-33-29(26)31-28(32-33)21-34(23-11-5-2-6-12-23,24-13-7-3-8-14-24)25-15-9-4-10-16-25;/h2-20H,21H2,1H3;1H/q+1;/p-1. The minimum Gasteiger partial charge on any atom is -1.00 e. The Kier molecular flexibility index (Phi) is 6.34. The zero-order valence-electron chi connectivity index (χ0n) is 19.3. The average molecular weight is 495 g/mol. The van der Waals surface area contributed by atoms with Crippen LogP contribution in [-0.2, 0) is 6.16 Å². The van der Waals surface area contributed by atoms with Crippen molar-refractivity contribution in [3.8, 4) is 0 Å². The maximum Gasteiger partial charge on any atom is 0.190 e. The molecule has 0 unspecified atom stereocenters. The first-order valence-electron chi connectivity index (χ1n) is 11.4. The molecule has 3 heterocycles. The number of hydrogen-bond donors (Lipinski definition) is 0. The second-order valence-electron chi connectivity index (χ2n) is 8.47. The molecule has 3 aromatic carbocycles. The first-order valence-corrected chi connectivity index (χ1v) is 13.4. The lowest BCUT2D eigenvalue weighted by Crippen LogP contribution is -3.00. The van der Waals surface area contributed by atoms with Gasteiger partial charge in [-0.25, -0.2) is 9.50 Å². The Morgan fingerprint density at radius 1 is 0.657 bits per heavy atom. The number of hydrogen-bond acceptors (Lipinski definition) is 3. The van der Waals surface area contributed by atoms with Gasteiger partial charge < -0.3 is 12.4 Å². The van der Waals surface area contributed by atoms with Crippen LogP contribution in [0.4, 0.5) is 0 Å².